The van der Waals surface area contributed by atoms with Gasteiger partial charge < -0.3 is 39.3 Å². The molecule has 368 valence electrons. The number of nitro benzene ring substituents is 1. The van der Waals surface area contributed by atoms with E-state index in [-0.39, 0.29) is 62.8 Å². The topological polar surface area (TPSA) is 207 Å². The Morgan fingerprint density at radius 1 is 1.04 bits per heavy atom. The Bertz CT molecular complexity index is 2810. The number of methoxy groups -OCH3 is 1. The molecule has 3 aromatic carbocycles. The van der Waals surface area contributed by atoms with Gasteiger partial charge in [-0.05, 0) is 118 Å². The predicted molar refractivity (Wildman–Crippen MR) is 264 cm³/mol. The number of ether oxygens (including phenoxy) is 4. The maximum absolute atomic E-state index is 14.2. The van der Waals surface area contributed by atoms with Gasteiger partial charge in [0, 0.05) is 66.5 Å². The van der Waals surface area contributed by atoms with Gasteiger partial charge in [-0.2, -0.15) is 4.98 Å². The van der Waals surface area contributed by atoms with E-state index in [0.29, 0.717) is 43.7 Å². The number of fused-ring (bicyclic) bond motifs is 2. The molecule has 3 fully saturated rings. The first kappa shape index (κ1) is 48.6. The Morgan fingerprint density at radius 3 is 2.48 bits per heavy atom. The van der Waals surface area contributed by atoms with Crippen molar-refractivity contribution in [3.05, 3.63) is 99.7 Å². The number of anilines is 1. The minimum atomic E-state index is -4.69. The number of sulfonamides is 1. The number of carbonyl (C=O) groups is 1. The quantitative estimate of drug-likeness (QED) is 0.0537. The number of nitrogens with one attached hydrogen (secondary N) is 3. The molecule has 0 radical (unpaired) electrons. The zero-order valence-electron chi connectivity index (χ0n) is 39.8. The number of hydrogen-bond acceptors (Lipinski definition) is 14. The second-order valence-corrected chi connectivity index (χ2v) is 22.6. The highest BCUT2D eigenvalue weighted by Crippen LogP contribution is 2.52. The molecular formula is C51H62N6O10S2. The number of carbonyl (C=O) groups excluding carboxylic acids is 1. The average molecular weight is 983 g/mol. The molecular weight excluding hydrogens is 921 g/mol. The number of aliphatic hydroxyl groups is 1. The smallest absolute Gasteiger partial charge is 0.288 e. The molecule has 2 aliphatic heterocycles. The first-order chi connectivity index (χ1) is 33.0. The summed E-state index contributed by atoms with van der Waals surface area (Å²) < 4.78 is 54.3. The first-order valence-corrected chi connectivity index (χ1v) is 26.3. The van der Waals surface area contributed by atoms with E-state index in [1.54, 1.807) is 24.4 Å². The van der Waals surface area contributed by atoms with Crippen molar-refractivity contribution in [1.29, 1.82) is 0 Å². The number of aromatic nitrogens is 2. The molecule has 4 N–H and O–H groups in total. The third kappa shape index (κ3) is 10.4. The fourth-order valence-electron chi connectivity index (χ4n) is 10.7. The minimum absolute atomic E-state index is 0.0596. The van der Waals surface area contributed by atoms with E-state index in [2.05, 4.69) is 63.0 Å². The monoisotopic (exact) mass is 982 g/mol. The summed E-state index contributed by atoms with van der Waals surface area (Å²) in [5.41, 5.74) is 2.94. The fraction of sp³-hybridized carbons (Fsp3) is 0.490. The summed E-state index contributed by atoms with van der Waals surface area (Å²) in [5.74, 6) is 0.0502. The lowest BCUT2D eigenvalue weighted by atomic mass is 9.60. The Morgan fingerprint density at radius 2 is 1.78 bits per heavy atom. The fourth-order valence-corrected chi connectivity index (χ4v) is 13.0. The van der Waals surface area contributed by atoms with Gasteiger partial charge in [0.2, 0.25) is 0 Å². The summed E-state index contributed by atoms with van der Waals surface area (Å²) in [5, 5.41) is 27.5. The van der Waals surface area contributed by atoms with Crippen molar-refractivity contribution in [2.45, 2.75) is 118 Å². The van der Waals surface area contributed by atoms with Crippen molar-refractivity contribution in [3.8, 4) is 23.1 Å². The largest absolute Gasteiger partial charge is 0.491 e. The number of H-pyrrole nitrogens is 1. The summed E-state index contributed by atoms with van der Waals surface area (Å²) in [6.07, 6.45) is 8.53. The van der Waals surface area contributed by atoms with Gasteiger partial charge in [0.25, 0.3) is 27.5 Å². The number of piperidine rings is 1. The van der Waals surface area contributed by atoms with Gasteiger partial charge in [-0.3, -0.25) is 14.9 Å². The molecule has 16 nitrogen and oxygen atoms in total. The minimum Gasteiger partial charge on any atom is -0.491 e. The molecule has 0 bridgehead atoms. The normalized spacial score (nSPS) is 21.9. The second-order valence-electron chi connectivity index (χ2n) is 19.7. The van der Waals surface area contributed by atoms with Gasteiger partial charge in [0.15, 0.2) is 5.75 Å². The van der Waals surface area contributed by atoms with E-state index < -0.39 is 37.0 Å². The Hall–Kier alpha value is -5.40. The Balaban J connectivity index is 0.929. The van der Waals surface area contributed by atoms with Crippen molar-refractivity contribution in [1.82, 2.24) is 20.0 Å². The van der Waals surface area contributed by atoms with Crippen LogP contribution in [0.15, 0.2) is 82.7 Å². The highest BCUT2D eigenvalue weighted by atomic mass is 32.2. The molecule has 1 saturated heterocycles. The lowest BCUT2D eigenvalue weighted by Gasteiger charge is -2.53. The summed E-state index contributed by atoms with van der Waals surface area (Å²) in [7, 11) is -3.23. The van der Waals surface area contributed by atoms with Crippen LogP contribution in [0, 0.1) is 21.4 Å². The van der Waals surface area contributed by atoms with E-state index in [9.17, 15) is 28.4 Å². The van der Waals surface area contributed by atoms with Crippen LogP contribution in [0.2, 0.25) is 0 Å². The van der Waals surface area contributed by atoms with Crippen LogP contribution in [-0.2, 0) is 14.8 Å². The number of nitro groups is 1. The first-order valence-electron chi connectivity index (χ1n) is 24.0. The van der Waals surface area contributed by atoms with Crippen LogP contribution in [0.1, 0.15) is 113 Å². The van der Waals surface area contributed by atoms with Crippen LogP contribution in [-0.4, -0.2) is 91.2 Å². The van der Waals surface area contributed by atoms with Gasteiger partial charge in [-0.15, -0.1) is 11.8 Å². The van der Waals surface area contributed by atoms with Crippen LogP contribution < -0.4 is 29.1 Å². The van der Waals surface area contributed by atoms with Crippen molar-refractivity contribution < 1.29 is 42.2 Å². The highest BCUT2D eigenvalue weighted by Gasteiger charge is 2.47. The number of amides is 1. The van der Waals surface area contributed by atoms with Crippen LogP contribution in [0.25, 0.3) is 11.0 Å². The third-order valence-corrected chi connectivity index (χ3v) is 17.4. The predicted octanol–water partition coefficient (Wildman–Crippen LogP) is 9.42. The van der Waals surface area contributed by atoms with Gasteiger partial charge in [-0.25, -0.2) is 13.1 Å². The molecule has 69 heavy (non-hydrogen) atoms. The van der Waals surface area contributed by atoms with Crippen molar-refractivity contribution >= 4 is 50.1 Å². The van der Waals surface area contributed by atoms with Crippen molar-refractivity contribution in [2.75, 3.05) is 44.9 Å². The van der Waals surface area contributed by atoms with Crippen molar-refractivity contribution in [2.24, 2.45) is 11.3 Å². The number of nitrogens with zero attached hydrogens (tertiary/aromatic N) is 3. The zero-order chi connectivity index (χ0) is 48.7. The summed E-state index contributed by atoms with van der Waals surface area (Å²) in [4.78, 5) is 35.6. The standard InChI is InChI=1S/C51H62N6O10S2/c1-6-65-29-40(38-10-8-7-9-37(38)31(2)3)53-34-27-51(28-34)18-21-56(22-19-51)35-11-12-39(42(24-35)67-44-23-33-15-20-52-47(33)54-49(44)64-5)48(58)55-69(62,63)36-25-41(57(60)61)46-43(26-36)66-30-45(68-46)32-13-16-50(4,59)17-14-32/h7-12,15,20,23-26,31-32,34,40,45,53,59H,6,13-14,16-19,21-22,27-30H2,1-5H3,(H,52,54)(H,55,58)/t32?,40-,45-,50?/m1/s1. The number of pyridine rings is 1. The molecule has 0 unspecified atom stereocenters. The van der Waals surface area contributed by atoms with Crippen LogP contribution in [0.3, 0.4) is 0 Å². The molecule has 9 rings (SSSR count). The van der Waals surface area contributed by atoms with E-state index in [1.807, 2.05) is 19.9 Å². The van der Waals surface area contributed by atoms with Crippen molar-refractivity contribution in [3.63, 3.8) is 0 Å². The average Bonchev–Trinajstić information content (AvgIpc) is 3.79. The van der Waals surface area contributed by atoms with E-state index >= 15 is 0 Å². The van der Waals surface area contributed by atoms with Gasteiger partial charge in [-0.1, -0.05) is 38.1 Å². The van der Waals surface area contributed by atoms with Crippen LogP contribution >= 0.6 is 11.8 Å². The van der Waals surface area contributed by atoms with Gasteiger partial charge in [0.1, 0.15) is 28.6 Å². The molecule has 2 atom stereocenters. The molecule has 1 spiro atoms. The number of aromatic amines is 1. The molecule has 4 aliphatic rings. The summed E-state index contributed by atoms with van der Waals surface area (Å²) >= 11 is 1.30. The van der Waals surface area contributed by atoms with Crippen LogP contribution in [0.4, 0.5) is 11.4 Å². The third-order valence-electron chi connectivity index (χ3n) is 14.6. The van der Waals surface area contributed by atoms with Gasteiger partial charge >= 0.3 is 0 Å². The zero-order valence-corrected chi connectivity index (χ0v) is 41.4. The molecule has 1 amide bonds. The molecule has 4 heterocycles. The number of hydrogen-bond donors (Lipinski definition) is 4. The SMILES string of the molecule is CCOC[C@@H](NC1CC2(CCN(c3ccc(C(=O)NS(=O)(=O)c4cc5c(c([N+](=O)[O-])c4)S[C@@H](C4CCC(C)(O)CC4)CO5)c(Oc4cc5cc[nH]c5nc4OC)c3)CC2)C1)c1ccccc1C(C)C. The lowest BCUT2D eigenvalue weighted by Crippen LogP contribution is -2.54. The molecule has 2 aliphatic carbocycles. The highest BCUT2D eigenvalue weighted by molar-refractivity contribution is 8.00. The summed E-state index contributed by atoms with van der Waals surface area (Å²) in [6.45, 7) is 11.3. The Kier molecular flexibility index (Phi) is 13.9. The van der Waals surface area contributed by atoms with Gasteiger partial charge in [0.05, 0.1) is 40.7 Å². The molecule has 5 aromatic rings. The van der Waals surface area contributed by atoms with E-state index in [0.717, 1.165) is 68.8 Å². The van der Waals surface area contributed by atoms with Crippen LogP contribution in [0.5, 0.6) is 23.1 Å². The van der Waals surface area contributed by atoms with E-state index in [1.165, 1.54) is 42.1 Å². The van der Waals surface area contributed by atoms with E-state index in [4.69, 9.17) is 18.9 Å². The number of thioether (sulfide) groups is 1. The maximum Gasteiger partial charge on any atom is 0.288 e. The molecule has 2 saturated carbocycles. The second kappa shape index (κ2) is 19.8. The molecule has 2 aromatic heterocycles. The maximum atomic E-state index is 14.2. The number of benzene rings is 3. The summed E-state index contributed by atoms with van der Waals surface area (Å²) in [6, 6.07) is 19.9. The molecule has 18 heteroatoms. The number of rotatable bonds is 16. The lowest BCUT2D eigenvalue weighted by molar-refractivity contribution is -0.388. The Labute approximate surface area is 407 Å².